The minimum atomic E-state index is -0.684. The highest BCUT2D eigenvalue weighted by Crippen LogP contribution is 2.16. The number of rotatable bonds is 4. The van der Waals surface area contributed by atoms with Crippen LogP contribution in [-0.4, -0.2) is 25.4 Å². The van der Waals surface area contributed by atoms with Crippen LogP contribution in [-0.2, 0) is 4.79 Å². The van der Waals surface area contributed by atoms with Gasteiger partial charge < -0.3 is 22.1 Å². The lowest BCUT2D eigenvalue weighted by Crippen LogP contribution is -2.43. The second kappa shape index (κ2) is 5.60. The van der Waals surface area contributed by atoms with Gasteiger partial charge in [0.25, 0.3) is 5.91 Å². The summed E-state index contributed by atoms with van der Waals surface area (Å²) in [7, 11) is 1.56. The summed E-state index contributed by atoms with van der Waals surface area (Å²) < 4.78 is 0. The van der Waals surface area contributed by atoms with E-state index in [-0.39, 0.29) is 18.4 Å². The van der Waals surface area contributed by atoms with Crippen molar-refractivity contribution in [2.75, 3.05) is 25.1 Å². The van der Waals surface area contributed by atoms with Crippen molar-refractivity contribution >= 4 is 23.2 Å². The third-order valence-electron chi connectivity index (χ3n) is 2.77. The van der Waals surface area contributed by atoms with Crippen LogP contribution in [0.2, 0.25) is 0 Å². The van der Waals surface area contributed by atoms with Gasteiger partial charge in [-0.05, 0) is 32.0 Å². The lowest BCUT2D eigenvalue weighted by Gasteiger charge is -2.22. The first-order valence-electron chi connectivity index (χ1n) is 5.92. The molecular formula is C13H20N4O2. The predicted molar refractivity (Wildman–Crippen MR) is 75.4 cm³/mol. The monoisotopic (exact) mass is 264 g/mol. The fraction of sp³-hybridized carbons (Fsp3) is 0.385. The molecule has 1 aromatic rings. The highest BCUT2D eigenvalue weighted by molar-refractivity contribution is 5.96. The number of hydrogen-bond donors (Lipinski definition) is 4. The Balaban J connectivity index is 2.73. The zero-order chi connectivity index (χ0) is 14.6. The van der Waals surface area contributed by atoms with Crippen LogP contribution >= 0.6 is 0 Å². The molecule has 1 aromatic carbocycles. The van der Waals surface area contributed by atoms with Crippen LogP contribution in [0.3, 0.4) is 0 Å². The molecule has 0 heterocycles. The van der Waals surface area contributed by atoms with Gasteiger partial charge in [0, 0.05) is 30.5 Å². The number of nitrogen functional groups attached to an aromatic ring is 2. The van der Waals surface area contributed by atoms with Crippen LogP contribution < -0.4 is 22.1 Å². The molecule has 0 aliphatic rings. The van der Waals surface area contributed by atoms with E-state index in [0.29, 0.717) is 16.9 Å². The summed E-state index contributed by atoms with van der Waals surface area (Å²) in [5.74, 6) is -0.448. The molecule has 0 aliphatic heterocycles. The molecule has 0 bridgehead atoms. The van der Waals surface area contributed by atoms with Crippen molar-refractivity contribution in [1.82, 2.24) is 10.6 Å². The van der Waals surface area contributed by atoms with Gasteiger partial charge in [0.15, 0.2) is 0 Å². The van der Waals surface area contributed by atoms with Crippen LogP contribution in [0.4, 0.5) is 11.4 Å². The van der Waals surface area contributed by atoms with Crippen molar-refractivity contribution in [3.8, 4) is 0 Å². The molecule has 2 amide bonds. The van der Waals surface area contributed by atoms with E-state index in [2.05, 4.69) is 10.6 Å². The lowest BCUT2D eigenvalue weighted by atomic mass is 9.92. The predicted octanol–water partition coefficient (Wildman–Crippen LogP) is 0.353. The lowest BCUT2D eigenvalue weighted by molar-refractivity contribution is -0.128. The molecule has 0 radical (unpaired) electrons. The van der Waals surface area contributed by atoms with Crippen LogP contribution in [0, 0.1) is 5.41 Å². The average Bonchev–Trinajstić information content (AvgIpc) is 2.33. The van der Waals surface area contributed by atoms with Crippen LogP contribution in [0.1, 0.15) is 24.2 Å². The number of anilines is 2. The number of carbonyl (C=O) groups is 2. The summed E-state index contributed by atoms with van der Waals surface area (Å²) in [5, 5.41) is 5.25. The van der Waals surface area contributed by atoms with E-state index in [1.54, 1.807) is 39.1 Å². The van der Waals surface area contributed by atoms with Gasteiger partial charge in [-0.2, -0.15) is 0 Å². The highest BCUT2D eigenvalue weighted by Gasteiger charge is 2.27. The molecule has 6 heteroatoms. The molecule has 1 rings (SSSR count). The topological polar surface area (TPSA) is 110 Å². The van der Waals surface area contributed by atoms with E-state index in [0.717, 1.165) is 0 Å². The van der Waals surface area contributed by atoms with Gasteiger partial charge in [-0.25, -0.2) is 0 Å². The Kier molecular flexibility index (Phi) is 4.37. The molecule has 104 valence electrons. The molecule has 0 aliphatic carbocycles. The van der Waals surface area contributed by atoms with Crippen LogP contribution in [0.25, 0.3) is 0 Å². The highest BCUT2D eigenvalue weighted by atomic mass is 16.2. The van der Waals surface area contributed by atoms with E-state index in [1.165, 1.54) is 0 Å². The van der Waals surface area contributed by atoms with Crippen molar-refractivity contribution in [1.29, 1.82) is 0 Å². The van der Waals surface area contributed by atoms with Gasteiger partial charge in [0.05, 0.1) is 5.41 Å². The molecule has 0 spiro atoms. The fourth-order valence-electron chi connectivity index (χ4n) is 1.63. The Bertz CT molecular complexity index is 477. The Morgan fingerprint density at radius 1 is 1.16 bits per heavy atom. The minimum absolute atomic E-state index is 0.139. The van der Waals surface area contributed by atoms with Crippen molar-refractivity contribution < 1.29 is 9.59 Å². The second-order valence-corrected chi connectivity index (χ2v) is 5.03. The van der Waals surface area contributed by atoms with E-state index in [1.807, 2.05) is 0 Å². The third-order valence-corrected chi connectivity index (χ3v) is 2.77. The van der Waals surface area contributed by atoms with Crippen molar-refractivity contribution in [2.24, 2.45) is 5.41 Å². The van der Waals surface area contributed by atoms with Gasteiger partial charge in [0.1, 0.15) is 0 Å². The summed E-state index contributed by atoms with van der Waals surface area (Å²) >= 11 is 0. The summed E-state index contributed by atoms with van der Waals surface area (Å²) in [5.41, 5.74) is 11.8. The summed E-state index contributed by atoms with van der Waals surface area (Å²) in [6.07, 6.45) is 0. The van der Waals surface area contributed by atoms with Gasteiger partial charge in [-0.1, -0.05) is 0 Å². The molecule has 6 nitrogen and oxygen atoms in total. The van der Waals surface area contributed by atoms with Gasteiger partial charge in [0.2, 0.25) is 5.91 Å². The smallest absolute Gasteiger partial charge is 0.251 e. The first-order chi connectivity index (χ1) is 8.76. The summed E-state index contributed by atoms with van der Waals surface area (Å²) in [4.78, 5) is 23.5. The first kappa shape index (κ1) is 14.8. The van der Waals surface area contributed by atoms with Gasteiger partial charge in [-0.3, -0.25) is 9.59 Å². The molecule has 0 fully saturated rings. The molecule has 0 unspecified atom stereocenters. The second-order valence-electron chi connectivity index (χ2n) is 5.03. The zero-order valence-corrected chi connectivity index (χ0v) is 11.4. The van der Waals surface area contributed by atoms with E-state index in [4.69, 9.17) is 11.5 Å². The normalized spacial score (nSPS) is 10.9. The third kappa shape index (κ3) is 3.87. The Morgan fingerprint density at radius 2 is 1.68 bits per heavy atom. The molecule has 0 saturated heterocycles. The largest absolute Gasteiger partial charge is 0.399 e. The molecule has 0 saturated carbocycles. The van der Waals surface area contributed by atoms with Crippen LogP contribution in [0.5, 0.6) is 0 Å². The van der Waals surface area contributed by atoms with E-state index >= 15 is 0 Å². The number of amides is 2. The van der Waals surface area contributed by atoms with E-state index < -0.39 is 5.41 Å². The quantitative estimate of drug-likeness (QED) is 0.588. The maximum Gasteiger partial charge on any atom is 0.251 e. The molecule has 19 heavy (non-hydrogen) atoms. The van der Waals surface area contributed by atoms with Gasteiger partial charge >= 0.3 is 0 Å². The number of carbonyl (C=O) groups excluding carboxylic acids is 2. The Morgan fingerprint density at radius 3 is 2.16 bits per heavy atom. The Labute approximate surface area is 112 Å². The maximum atomic E-state index is 12.0. The summed E-state index contributed by atoms with van der Waals surface area (Å²) in [6.45, 7) is 3.72. The number of benzene rings is 1. The van der Waals surface area contributed by atoms with E-state index in [9.17, 15) is 9.59 Å². The number of hydrogen-bond acceptors (Lipinski definition) is 4. The minimum Gasteiger partial charge on any atom is -0.399 e. The van der Waals surface area contributed by atoms with Gasteiger partial charge in [-0.15, -0.1) is 0 Å². The fourth-order valence-corrected chi connectivity index (χ4v) is 1.63. The average molecular weight is 264 g/mol. The number of nitrogens with two attached hydrogens (primary N) is 2. The molecular weight excluding hydrogens is 244 g/mol. The zero-order valence-electron chi connectivity index (χ0n) is 11.4. The van der Waals surface area contributed by atoms with Crippen molar-refractivity contribution in [2.45, 2.75) is 13.8 Å². The SMILES string of the molecule is CNC(=O)C(C)(C)CNC(=O)c1cc(N)cc(N)c1. The molecule has 6 N–H and O–H groups in total. The summed E-state index contributed by atoms with van der Waals surface area (Å²) in [6, 6.07) is 4.66. The maximum absolute atomic E-state index is 12.0. The molecule has 0 atom stereocenters. The van der Waals surface area contributed by atoms with Crippen molar-refractivity contribution in [3.63, 3.8) is 0 Å². The van der Waals surface area contributed by atoms with Crippen molar-refractivity contribution in [3.05, 3.63) is 23.8 Å². The first-order valence-corrected chi connectivity index (χ1v) is 5.92. The molecule has 0 aromatic heterocycles. The number of nitrogens with one attached hydrogen (secondary N) is 2. The Hall–Kier alpha value is -2.24. The van der Waals surface area contributed by atoms with Crippen LogP contribution in [0.15, 0.2) is 18.2 Å². The standard InChI is InChI=1S/C13H20N4O2/c1-13(2,12(19)16-3)7-17-11(18)8-4-9(14)6-10(15)5-8/h4-6H,7,14-15H2,1-3H3,(H,16,19)(H,17,18).